The number of hydrogen-bond donors (Lipinski definition) is 0. The second-order valence-corrected chi connectivity index (χ2v) is 3.55. The summed E-state index contributed by atoms with van der Waals surface area (Å²) >= 11 is 0. The predicted octanol–water partition coefficient (Wildman–Crippen LogP) is 4.98. The van der Waals surface area contributed by atoms with Crippen LogP contribution in [0.5, 0.6) is 5.75 Å². The molecule has 1 nitrogen and oxygen atoms in total. The Morgan fingerprint density at radius 2 is 1.59 bits per heavy atom. The van der Waals surface area contributed by atoms with Gasteiger partial charge in [-0.25, -0.2) is 0 Å². The minimum Gasteiger partial charge on any atom is -0.496 e. The summed E-state index contributed by atoms with van der Waals surface area (Å²) in [6.07, 6.45) is 0. The number of benzene rings is 1. The van der Waals surface area contributed by atoms with Crippen LogP contribution in [0.1, 0.15) is 38.8 Å². The van der Waals surface area contributed by atoms with Gasteiger partial charge < -0.3 is 4.74 Å². The average Bonchev–Trinajstić information content (AvgIpc) is 2.33. The molecule has 0 aliphatic heterocycles. The summed E-state index contributed by atoms with van der Waals surface area (Å²) in [6, 6.07) is 4.70. The van der Waals surface area contributed by atoms with Gasteiger partial charge in [-0.15, -0.1) is 0 Å². The Balaban J connectivity index is 0. The van der Waals surface area contributed by atoms with E-state index in [4.69, 9.17) is 4.74 Å². The highest BCUT2D eigenvalue weighted by Crippen LogP contribution is 2.40. The molecule has 0 N–H and O–H groups in total. The second kappa shape index (κ2) is 9.35. The maximum atomic E-state index is 13.0. The first-order valence-corrected chi connectivity index (χ1v) is 6.34. The smallest absolute Gasteiger partial charge is 0.287 e. The van der Waals surface area contributed by atoms with Crippen molar-refractivity contribution in [1.82, 2.24) is 0 Å². The Morgan fingerprint density at radius 3 is 1.94 bits per heavy atom. The molecular formula is C13H23F2OP. The molecule has 0 heterocycles. The topological polar surface area (TPSA) is 9.23 Å². The second-order valence-electron chi connectivity index (χ2n) is 2.83. The van der Waals surface area contributed by atoms with Gasteiger partial charge in [0.15, 0.2) is 0 Å². The maximum absolute atomic E-state index is 13.0. The van der Waals surface area contributed by atoms with Crippen LogP contribution in [0.25, 0.3) is 0 Å². The molecule has 0 fully saturated rings. The van der Waals surface area contributed by atoms with Crippen molar-refractivity contribution in [2.45, 2.75) is 40.3 Å². The molecule has 0 saturated carbocycles. The monoisotopic (exact) mass is 264 g/mol. The van der Waals surface area contributed by atoms with Gasteiger partial charge in [-0.1, -0.05) is 48.6 Å². The molecule has 0 saturated heterocycles. The molecule has 17 heavy (non-hydrogen) atoms. The lowest BCUT2D eigenvalue weighted by Crippen LogP contribution is -2.05. The van der Waals surface area contributed by atoms with Crippen molar-refractivity contribution in [1.29, 1.82) is 0 Å². The van der Waals surface area contributed by atoms with Crippen molar-refractivity contribution in [2.24, 2.45) is 0 Å². The van der Waals surface area contributed by atoms with Crippen LogP contribution in [0.4, 0.5) is 8.78 Å². The van der Waals surface area contributed by atoms with Gasteiger partial charge in [0.05, 0.1) is 12.7 Å². The molecule has 0 amide bonds. The normalized spacial score (nSPS) is 9.47. The van der Waals surface area contributed by atoms with E-state index in [1.165, 1.54) is 22.4 Å². The number of aryl methyl sites for hydroxylation is 1. The highest BCUT2D eigenvalue weighted by molar-refractivity contribution is 7.17. The van der Waals surface area contributed by atoms with E-state index < -0.39 is 5.66 Å². The van der Waals surface area contributed by atoms with Crippen LogP contribution >= 0.6 is 9.24 Å². The highest BCUT2D eigenvalue weighted by Gasteiger charge is 2.28. The molecule has 0 aliphatic carbocycles. The van der Waals surface area contributed by atoms with Gasteiger partial charge in [0, 0.05) is 0 Å². The van der Waals surface area contributed by atoms with Crippen molar-refractivity contribution in [2.75, 3.05) is 7.11 Å². The molecule has 100 valence electrons. The number of alkyl halides is 2. The fourth-order valence-electron chi connectivity index (χ4n) is 1.08. The van der Waals surface area contributed by atoms with Gasteiger partial charge >= 0.3 is 0 Å². The molecular weight excluding hydrogens is 241 g/mol. The Morgan fingerprint density at radius 1 is 1.12 bits per heavy atom. The lowest BCUT2D eigenvalue weighted by atomic mass is 10.1. The van der Waals surface area contributed by atoms with E-state index >= 15 is 0 Å². The zero-order chi connectivity index (χ0) is 14.1. The highest BCUT2D eigenvalue weighted by atomic mass is 31.0. The maximum Gasteiger partial charge on any atom is 0.287 e. The van der Waals surface area contributed by atoms with E-state index in [2.05, 4.69) is 0 Å². The molecule has 4 heteroatoms. The number of hydrogen-bond acceptors (Lipinski definition) is 1. The number of ether oxygens (including phenoxy) is 1. The van der Waals surface area contributed by atoms with E-state index in [1.54, 1.807) is 19.1 Å². The summed E-state index contributed by atoms with van der Waals surface area (Å²) in [5.41, 5.74) is -2.24. The Bertz CT molecular complexity index is 309. The van der Waals surface area contributed by atoms with Crippen LogP contribution in [0, 0.1) is 6.92 Å². The van der Waals surface area contributed by atoms with Gasteiger partial charge in [0.1, 0.15) is 5.75 Å². The van der Waals surface area contributed by atoms with Crippen molar-refractivity contribution < 1.29 is 13.5 Å². The lowest BCUT2D eigenvalue weighted by Gasteiger charge is -2.15. The first-order chi connectivity index (χ1) is 7.95. The lowest BCUT2D eigenvalue weighted by molar-refractivity contribution is 0.100. The van der Waals surface area contributed by atoms with E-state index in [9.17, 15) is 8.78 Å². The number of halogens is 2. The third-order valence-corrected chi connectivity index (χ3v) is 2.03. The molecule has 0 bridgehead atoms. The molecule has 1 aromatic carbocycles. The Hall–Kier alpha value is -0.690. The summed E-state index contributed by atoms with van der Waals surface area (Å²) in [4.78, 5) is 0. The molecule has 0 spiro atoms. The van der Waals surface area contributed by atoms with Gasteiger partial charge in [-0.05, 0) is 19.1 Å². The number of rotatable bonds is 2. The molecule has 1 aromatic rings. The zero-order valence-electron chi connectivity index (χ0n) is 11.5. The number of methoxy groups -OCH3 is 1. The summed E-state index contributed by atoms with van der Waals surface area (Å²) in [6.45, 7) is 9.76. The predicted molar refractivity (Wildman–Crippen MR) is 74.0 cm³/mol. The van der Waals surface area contributed by atoms with Gasteiger partial charge in [0.25, 0.3) is 5.66 Å². The van der Waals surface area contributed by atoms with Crippen LogP contribution in [0.15, 0.2) is 18.2 Å². The largest absolute Gasteiger partial charge is 0.496 e. The summed E-state index contributed by atoms with van der Waals surface area (Å²) in [5.74, 6) is 0.214. The van der Waals surface area contributed by atoms with Crippen molar-refractivity contribution in [3.8, 4) is 5.75 Å². The fourth-order valence-corrected chi connectivity index (χ4v) is 1.31. The Labute approximate surface area is 106 Å². The van der Waals surface area contributed by atoms with E-state index in [0.717, 1.165) is 5.56 Å². The molecule has 0 aromatic heterocycles. The third-order valence-electron chi connectivity index (χ3n) is 1.71. The van der Waals surface area contributed by atoms with Gasteiger partial charge in [0.2, 0.25) is 0 Å². The fraction of sp³-hybridized carbons (Fsp3) is 0.538. The molecule has 0 radical (unpaired) electrons. The Kier molecular flexibility index (Phi) is 10.3. The minimum absolute atomic E-state index is 0.0972. The van der Waals surface area contributed by atoms with E-state index in [1.807, 2.05) is 27.7 Å². The van der Waals surface area contributed by atoms with Crippen LogP contribution in [-0.4, -0.2) is 7.11 Å². The van der Waals surface area contributed by atoms with Crippen molar-refractivity contribution in [3.63, 3.8) is 0 Å². The quantitative estimate of drug-likeness (QED) is 0.684. The SMILES string of the molecule is CC.CC.COc1ccc(C)cc1C(F)(F)P. The summed E-state index contributed by atoms with van der Waals surface area (Å²) in [7, 11) is 2.88. The van der Waals surface area contributed by atoms with Crippen molar-refractivity contribution in [3.05, 3.63) is 29.3 Å². The van der Waals surface area contributed by atoms with Crippen LogP contribution in [0.2, 0.25) is 0 Å². The average molecular weight is 264 g/mol. The van der Waals surface area contributed by atoms with Gasteiger partial charge in [-0.3, -0.25) is 0 Å². The summed E-state index contributed by atoms with van der Waals surface area (Å²) < 4.78 is 30.8. The third kappa shape index (κ3) is 6.58. The van der Waals surface area contributed by atoms with Crippen molar-refractivity contribution >= 4 is 9.24 Å². The van der Waals surface area contributed by atoms with Gasteiger partial charge in [-0.2, -0.15) is 8.78 Å². The summed E-state index contributed by atoms with van der Waals surface area (Å²) in [5, 5.41) is 0. The zero-order valence-corrected chi connectivity index (χ0v) is 12.6. The molecule has 1 atom stereocenters. The molecule has 1 rings (SSSR count). The van der Waals surface area contributed by atoms with Crippen LogP contribution < -0.4 is 4.74 Å². The minimum atomic E-state index is -2.93. The van der Waals surface area contributed by atoms with Crippen LogP contribution in [-0.2, 0) is 5.66 Å². The molecule has 0 aliphatic rings. The first-order valence-electron chi connectivity index (χ1n) is 5.77. The molecule has 1 unspecified atom stereocenters. The standard InChI is InChI=1S/C9H11F2OP.2C2H6/c1-6-3-4-8(12-2)7(5-6)9(10,11)13;2*1-2/h3-5H,13H2,1-2H3;2*1-2H3. The first kappa shape index (κ1) is 18.7. The van der Waals surface area contributed by atoms with Crippen LogP contribution in [0.3, 0.4) is 0 Å². The van der Waals surface area contributed by atoms with E-state index in [0.29, 0.717) is 0 Å². The van der Waals surface area contributed by atoms with E-state index in [-0.39, 0.29) is 11.3 Å².